The molecule has 0 saturated carbocycles. The van der Waals surface area contributed by atoms with Crippen LogP contribution in [0.1, 0.15) is 10.5 Å². The first kappa shape index (κ1) is 19.1. The van der Waals surface area contributed by atoms with E-state index in [9.17, 15) is 13.6 Å². The van der Waals surface area contributed by atoms with Gasteiger partial charge in [0.25, 0.3) is 5.91 Å². The molecule has 8 heteroatoms. The standard InChI is InChI=1S/C20H17F2N3O3/c1-27-18-6-4-13(11-19(18)28-2)25-20(26)17-10-14(7-8-23-17)24-16-5-3-12(21)9-15(16)22/h3-11H,1-2H3,(H,23,24)(H,25,26). The first-order valence-electron chi connectivity index (χ1n) is 8.21. The zero-order valence-corrected chi connectivity index (χ0v) is 15.1. The molecule has 1 amide bonds. The largest absolute Gasteiger partial charge is 0.493 e. The minimum Gasteiger partial charge on any atom is -0.493 e. The van der Waals surface area contributed by atoms with Crippen LogP contribution in [0.25, 0.3) is 0 Å². The Balaban J connectivity index is 1.77. The van der Waals surface area contributed by atoms with Gasteiger partial charge in [-0.3, -0.25) is 9.78 Å². The zero-order chi connectivity index (χ0) is 20.1. The van der Waals surface area contributed by atoms with Gasteiger partial charge in [-0.25, -0.2) is 8.78 Å². The molecule has 1 heterocycles. The summed E-state index contributed by atoms with van der Waals surface area (Å²) in [5.74, 6) is -0.877. The van der Waals surface area contributed by atoms with Crippen LogP contribution in [0.5, 0.6) is 11.5 Å². The van der Waals surface area contributed by atoms with E-state index in [4.69, 9.17) is 9.47 Å². The molecule has 0 aliphatic heterocycles. The minimum atomic E-state index is -0.742. The molecule has 0 fully saturated rings. The number of hydrogen-bond donors (Lipinski definition) is 2. The maximum Gasteiger partial charge on any atom is 0.274 e. The molecule has 0 unspecified atom stereocenters. The van der Waals surface area contributed by atoms with Crippen LogP contribution in [-0.4, -0.2) is 25.1 Å². The summed E-state index contributed by atoms with van der Waals surface area (Å²) < 4.78 is 37.2. The monoisotopic (exact) mass is 385 g/mol. The number of methoxy groups -OCH3 is 2. The van der Waals surface area contributed by atoms with Gasteiger partial charge < -0.3 is 20.1 Å². The molecule has 2 aromatic carbocycles. The predicted octanol–water partition coefficient (Wildman–Crippen LogP) is 4.37. The average molecular weight is 385 g/mol. The lowest BCUT2D eigenvalue weighted by atomic mass is 10.2. The van der Waals surface area contributed by atoms with Gasteiger partial charge in [-0.15, -0.1) is 0 Å². The van der Waals surface area contributed by atoms with Crippen molar-refractivity contribution in [3.8, 4) is 11.5 Å². The van der Waals surface area contributed by atoms with Gasteiger partial charge in [-0.2, -0.15) is 0 Å². The molecule has 144 valence electrons. The third-order valence-corrected chi connectivity index (χ3v) is 3.84. The van der Waals surface area contributed by atoms with Gasteiger partial charge in [-0.05, 0) is 36.4 Å². The molecule has 3 rings (SSSR count). The number of pyridine rings is 1. The van der Waals surface area contributed by atoms with Gasteiger partial charge in [0, 0.05) is 29.7 Å². The van der Waals surface area contributed by atoms with Crippen molar-refractivity contribution in [1.29, 1.82) is 0 Å². The highest BCUT2D eigenvalue weighted by atomic mass is 19.1. The van der Waals surface area contributed by atoms with Crippen molar-refractivity contribution in [1.82, 2.24) is 4.98 Å². The number of aromatic nitrogens is 1. The Labute approximate surface area is 160 Å². The molecule has 2 N–H and O–H groups in total. The molecular weight excluding hydrogens is 368 g/mol. The van der Waals surface area contributed by atoms with Crippen LogP contribution < -0.4 is 20.1 Å². The smallest absolute Gasteiger partial charge is 0.274 e. The van der Waals surface area contributed by atoms with Gasteiger partial charge >= 0.3 is 0 Å². The van der Waals surface area contributed by atoms with Crippen LogP contribution in [0.15, 0.2) is 54.7 Å². The molecule has 0 atom stereocenters. The van der Waals surface area contributed by atoms with Gasteiger partial charge in [0.1, 0.15) is 17.3 Å². The van der Waals surface area contributed by atoms with Crippen LogP contribution in [0.2, 0.25) is 0 Å². The third-order valence-electron chi connectivity index (χ3n) is 3.84. The van der Waals surface area contributed by atoms with E-state index >= 15 is 0 Å². The number of halogens is 2. The number of anilines is 3. The lowest BCUT2D eigenvalue weighted by Crippen LogP contribution is -2.14. The Kier molecular flexibility index (Phi) is 5.69. The Hall–Kier alpha value is -3.68. The van der Waals surface area contributed by atoms with E-state index in [1.54, 1.807) is 24.3 Å². The second-order valence-electron chi connectivity index (χ2n) is 5.70. The first-order chi connectivity index (χ1) is 13.5. The number of nitrogens with one attached hydrogen (secondary N) is 2. The Morgan fingerprint density at radius 2 is 1.71 bits per heavy atom. The lowest BCUT2D eigenvalue weighted by Gasteiger charge is -2.11. The first-order valence-corrected chi connectivity index (χ1v) is 8.21. The van der Waals surface area contributed by atoms with Gasteiger partial charge in [-0.1, -0.05) is 0 Å². The second kappa shape index (κ2) is 8.34. The number of amides is 1. The average Bonchev–Trinajstić information content (AvgIpc) is 2.70. The van der Waals surface area contributed by atoms with E-state index in [1.165, 1.54) is 32.5 Å². The lowest BCUT2D eigenvalue weighted by molar-refractivity contribution is 0.102. The van der Waals surface area contributed by atoms with Crippen LogP contribution in [0, 0.1) is 11.6 Å². The van der Waals surface area contributed by atoms with E-state index in [0.717, 1.165) is 12.1 Å². The summed E-state index contributed by atoms with van der Waals surface area (Å²) in [7, 11) is 3.01. The summed E-state index contributed by atoms with van der Waals surface area (Å²) in [6, 6.07) is 11.1. The van der Waals surface area contributed by atoms with Crippen molar-refractivity contribution in [2.45, 2.75) is 0 Å². The molecular formula is C20H17F2N3O3. The number of carbonyl (C=O) groups excluding carboxylic acids is 1. The van der Waals surface area contributed by atoms with Crippen molar-refractivity contribution in [2.24, 2.45) is 0 Å². The SMILES string of the molecule is COc1ccc(NC(=O)c2cc(Nc3ccc(F)cc3F)ccn2)cc1OC. The van der Waals surface area contributed by atoms with Crippen molar-refractivity contribution in [2.75, 3.05) is 24.9 Å². The molecule has 6 nitrogen and oxygen atoms in total. The normalized spacial score (nSPS) is 10.3. The molecule has 1 aromatic heterocycles. The summed E-state index contributed by atoms with van der Waals surface area (Å²) in [5.41, 5.74) is 1.12. The summed E-state index contributed by atoms with van der Waals surface area (Å²) in [6.07, 6.45) is 1.41. The summed E-state index contributed by atoms with van der Waals surface area (Å²) in [4.78, 5) is 16.5. The van der Waals surface area contributed by atoms with Crippen LogP contribution in [-0.2, 0) is 0 Å². The Bertz CT molecular complexity index is 1010. The zero-order valence-electron chi connectivity index (χ0n) is 15.1. The number of hydrogen-bond acceptors (Lipinski definition) is 5. The molecule has 0 bridgehead atoms. The Morgan fingerprint density at radius 1 is 0.929 bits per heavy atom. The van der Waals surface area contributed by atoms with E-state index < -0.39 is 17.5 Å². The highest BCUT2D eigenvalue weighted by molar-refractivity contribution is 6.03. The third kappa shape index (κ3) is 4.35. The maximum atomic E-state index is 13.8. The van der Waals surface area contributed by atoms with E-state index in [0.29, 0.717) is 22.9 Å². The van der Waals surface area contributed by atoms with E-state index in [-0.39, 0.29) is 11.4 Å². The molecule has 0 aliphatic carbocycles. The van der Waals surface area contributed by atoms with E-state index in [2.05, 4.69) is 15.6 Å². The molecule has 0 radical (unpaired) electrons. The van der Waals surface area contributed by atoms with Crippen LogP contribution in [0.3, 0.4) is 0 Å². The van der Waals surface area contributed by atoms with Crippen molar-refractivity contribution in [3.63, 3.8) is 0 Å². The highest BCUT2D eigenvalue weighted by Crippen LogP contribution is 2.30. The van der Waals surface area contributed by atoms with Crippen LogP contribution in [0.4, 0.5) is 25.8 Å². The minimum absolute atomic E-state index is 0.0823. The van der Waals surface area contributed by atoms with Gasteiger partial charge in [0.15, 0.2) is 11.5 Å². The molecule has 0 spiro atoms. The molecule has 0 saturated heterocycles. The quantitative estimate of drug-likeness (QED) is 0.659. The topological polar surface area (TPSA) is 72.5 Å². The summed E-state index contributed by atoms with van der Waals surface area (Å²) >= 11 is 0. The molecule has 3 aromatic rings. The van der Waals surface area contributed by atoms with Crippen molar-refractivity contribution >= 4 is 23.0 Å². The Morgan fingerprint density at radius 3 is 2.43 bits per heavy atom. The van der Waals surface area contributed by atoms with Gasteiger partial charge in [0.05, 0.1) is 19.9 Å². The number of carbonyl (C=O) groups is 1. The van der Waals surface area contributed by atoms with Crippen molar-refractivity contribution in [3.05, 3.63) is 72.1 Å². The second-order valence-corrected chi connectivity index (χ2v) is 5.70. The predicted molar refractivity (Wildman–Crippen MR) is 101 cm³/mol. The highest BCUT2D eigenvalue weighted by Gasteiger charge is 2.12. The fraction of sp³-hybridized carbons (Fsp3) is 0.100. The van der Waals surface area contributed by atoms with Crippen LogP contribution >= 0.6 is 0 Å². The summed E-state index contributed by atoms with van der Waals surface area (Å²) in [6.45, 7) is 0. The molecule has 0 aliphatic rings. The maximum absolute atomic E-state index is 13.8. The van der Waals surface area contributed by atoms with Crippen molar-refractivity contribution < 1.29 is 23.0 Å². The number of nitrogens with zero attached hydrogens (tertiary/aromatic N) is 1. The van der Waals surface area contributed by atoms with Gasteiger partial charge in [0.2, 0.25) is 0 Å². The van der Waals surface area contributed by atoms with E-state index in [1.807, 2.05) is 0 Å². The number of rotatable bonds is 6. The fourth-order valence-corrected chi connectivity index (χ4v) is 2.49. The molecule has 28 heavy (non-hydrogen) atoms. The number of ether oxygens (including phenoxy) is 2. The summed E-state index contributed by atoms with van der Waals surface area (Å²) in [5, 5.41) is 5.50. The fourth-order valence-electron chi connectivity index (χ4n) is 2.49. The number of benzene rings is 2.